The van der Waals surface area contributed by atoms with Gasteiger partial charge in [-0.15, -0.1) is 0 Å². The molecule has 1 heteroatoms. The Morgan fingerprint density at radius 1 is 0.810 bits per heavy atom. The van der Waals surface area contributed by atoms with Crippen molar-refractivity contribution in [3.63, 3.8) is 0 Å². The Hall–Kier alpha value is -0.300. The van der Waals surface area contributed by atoms with E-state index in [-0.39, 0.29) is 6.61 Å². The molecule has 1 nitrogen and oxygen atoms in total. The molecule has 0 spiro atoms. The number of aliphatic hydroxyl groups excluding tert-OH is 1. The highest BCUT2D eigenvalue weighted by Crippen LogP contribution is 2.21. The number of rotatable bonds is 13. The topological polar surface area (TPSA) is 20.2 Å². The molecule has 0 unspecified atom stereocenters. The van der Waals surface area contributed by atoms with Gasteiger partial charge in [-0.1, -0.05) is 84.3 Å². The van der Waals surface area contributed by atoms with Crippen LogP contribution in [0.4, 0.5) is 0 Å². The van der Waals surface area contributed by atoms with Gasteiger partial charge < -0.3 is 5.11 Å². The summed E-state index contributed by atoms with van der Waals surface area (Å²) in [5.41, 5.74) is 1.34. The molecular formula is C20H40O. The molecule has 0 heterocycles. The van der Waals surface area contributed by atoms with Crippen LogP contribution >= 0.6 is 0 Å². The minimum atomic E-state index is 0.191. The van der Waals surface area contributed by atoms with Crippen LogP contribution in [0.25, 0.3) is 0 Å². The van der Waals surface area contributed by atoms with E-state index in [0.29, 0.717) is 0 Å². The summed E-state index contributed by atoms with van der Waals surface area (Å²) in [6, 6.07) is 0. The summed E-state index contributed by atoms with van der Waals surface area (Å²) >= 11 is 0. The second-order valence-corrected chi connectivity index (χ2v) is 7.59. The molecule has 0 saturated carbocycles. The first-order valence-electron chi connectivity index (χ1n) is 9.22. The van der Waals surface area contributed by atoms with Crippen LogP contribution < -0.4 is 0 Å². The van der Waals surface area contributed by atoms with Crippen LogP contribution in [0, 0.1) is 17.8 Å². The molecule has 0 rings (SSSR count). The van der Waals surface area contributed by atoms with Gasteiger partial charge in [0.1, 0.15) is 0 Å². The maximum absolute atomic E-state index is 8.83. The molecular weight excluding hydrogens is 256 g/mol. The van der Waals surface area contributed by atoms with Gasteiger partial charge in [0.2, 0.25) is 0 Å². The summed E-state index contributed by atoms with van der Waals surface area (Å²) in [4.78, 5) is 0. The van der Waals surface area contributed by atoms with Crippen LogP contribution in [0.5, 0.6) is 0 Å². The molecule has 0 aromatic rings. The van der Waals surface area contributed by atoms with Crippen molar-refractivity contribution in [1.82, 2.24) is 0 Å². The Kier molecular flexibility index (Phi) is 13.2. The van der Waals surface area contributed by atoms with E-state index < -0.39 is 0 Å². The third kappa shape index (κ3) is 14.4. The fourth-order valence-corrected chi connectivity index (χ4v) is 2.97. The van der Waals surface area contributed by atoms with E-state index >= 15 is 0 Å². The van der Waals surface area contributed by atoms with Crippen molar-refractivity contribution in [2.75, 3.05) is 6.61 Å². The Labute approximate surface area is 134 Å². The molecule has 0 aliphatic carbocycles. The van der Waals surface area contributed by atoms with Crippen LogP contribution in [0.2, 0.25) is 0 Å². The summed E-state index contributed by atoms with van der Waals surface area (Å²) in [6.45, 7) is 11.8. The maximum atomic E-state index is 8.83. The van der Waals surface area contributed by atoms with Crippen molar-refractivity contribution in [1.29, 1.82) is 0 Å². The molecule has 1 N–H and O–H groups in total. The molecule has 0 aromatic carbocycles. The van der Waals surface area contributed by atoms with Crippen LogP contribution in [0.15, 0.2) is 11.6 Å². The van der Waals surface area contributed by atoms with Gasteiger partial charge in [-0.25, -0.2) is 0 Å². The van der Waals surface area contributed by atoms with E-state index in [2.05, 4.69) is 34.6 Å². The lowest BCUT2D eigenvalue weighted by Gasteiger charge is -2.15. The van der Waals surface area contributed by atoms with Gasteiger partial charge in [0.15, 0.2) is 0 Å². The van der Waals surface area contributed by atoms with Gasteiger partial charge in [-0.3, -0.25) is 0 Å². The molecule has 21 heavy (non-hydrogen) atoms. The molecule has 0 aliphatic heterocycles. The van der Waals surface area contributed by atoms with Crippen molar-refractivity contribution in [2.24, 2.45) is 17.8 Å². The third-order valence-corrected chi connectivity index (χ3v) is 4.58. The molecule has 0 bridgehead atoms. The quantitative estimate of drug-likeness (QED) is 0.392. The monoisotopic (exact) mass is 296 g/mol. The van der Waals surface area contributed by atoms with Crippen molar-refractivity contribution in [3.8, 4) is 0 Å². The van der Waals surface area contributed by atoms with E-state index in [1.165, 1.54) is 56.9 Å². The Bertz CT molecular complexity index is 255. The predicted molar refractivity (Wildman–Crippen MR) is 95.6 cm³/mol. The Morgan fingerprint density at radius 2 is 1.29 bits per heavy atom. The molecule has 0 amide bonds. The zero-order valence-electron chi connectivity index (χ0n) is 15.3. The van der Waals surface area contributed by atoms with Gasteiger partial charge >= 0.3 is 0 Å². The fourth-order valence-electron chi connectivity index (χ4n) is 2.97. The standard InChI is InChI=1S/C20H40O/c1-17(2)9-6-10-18(3)11-7-12-19(4)13-8-14-20(5)15-16-21/h15,17-19,21H,6-14,16H2,1-5H3/b20-15-/t18-,19+/m0/s1. The Balaban J connectivity index is 3.52. The minimum Gasteiger partial charge on any atom is -0.392 e. The van der Waals surface area contributed by atoms with Crippen LogP contribution in [-0.2, 0) is 0 Å². The van der Waals surface area contributed by atoms with Crippen molar-refractivity contribution >= 4 is 0 Å². The molecule has 0 fully saturated rings. The van der Waals surface area contributed by atoms with Gasteiger partial charge in [0, 0.05) is 0 Å². The second kappa shape index (κ2) is 13.4. The summed E-state index contributed by atoms with van der Waals surface area (Å²) in [5, 5.41) is 8.83. The van der Waals surface area contributed by atoms with E-state index in [0.717, 1.165) is 24.2 Å². The number of allylic oxidation sites excluding steroid dienone is 1. The fraction of sp³-hybridized carbons (Fsp3) is 0.900. The van der Waals surface area contributed by atoms with Gasteiger partial charge in [-0.2, -0.15) is 0 Å². The lowest BCUT2D eigenvalue weighted by Crippen LogP contribution is -2.00. The van der Waals surface area contributed by atoms with Gasteiger partial charge in [0.05, 0.1) is 6.61 Å². The van der Waals surface area contributed by atoms with E-state index in [4.69, 9.17) is 5.11 Å². The lowest BCUT2D eigenvalue weighted by molar-refractivity contribution is 0.341. The maximum Gasteiger partial charge on any atom is 0.0614 e. The van der Waals surface area contributed by atoms with Crippen molar-refractivity contribution < 1.29 is 5.11 Å². The van der Waals surface area contributed by atoms with Gasteiger partial charge in [0.25, 0.3) is 0 Å². The first-order valence-corrected chi connectivity index (χ1v) is 9.22. The van der Waals surface area contributed by atoms with Gasteiger partial charge in [-0.05, 0) is 37.5 Å². The average molecular weight is 297 g/mol. The first-order chi connectivity index (χ1) is 9.95. The summed E-state index contributed by atoms with van der Waals surface area (Å²) in [6.07, 6.45) is 14.1. The number of hydrogen-bond acceptors (Lipinski definition) is 1. The first kappa shape index (κ1) is 20.7. The zero-order chi connectivity index (χ0) is 16.1. The summed E-state index contributed by atoms with van der Waals surface area (Å²) in [7, 11) is 0. The highest BCUT2D eigenvalue weighted by Gasteiger charge is 2.06. The molecule has 0 radical (unpaired) electrons. The largest absolute Gasteiger partial charge is 0.392 e. The molecule has 0 saturated heterocycles. The predicted octanol–water partition coefficient (Wildman–Crippen LogP) is 6.36. The highest BCUT2D eigenvalue weighted by molar-refractivity contribution is 4.97. The molecule has 0 aliphatic rings. The second-order valence-electron chi connectivity index (χ2n) is 7.59. The van der Waals surface area contributed by atoms with E-state index in [9.17, 15) is 0 Å². The van der Waals surface area contributed by atoms with Crippen LogP contribution in [-0.4, -0.2) is 11.7 Å². The third-order valence-electron chi connectivity index (χ3n) is 4.58. The average Bonchev–Trinajstić information content (AvgIpc) is 2.38. The van der Waals surface area contributed by atoms with Crippen LogP contribution in [0.3, 0.4) is 0 Å². The zero-order valence-corrected chi connectivity index (χ0v) is 15.3. The number of hydrogen-bond donors (Lipinski definition) is 1. The highest BCUT2D eigenvalue weighted by atomic mass is 16.2. The summed E-state index contributed by atoms with van der Waals surface area (Å²) < 4.78 is 0. The SMILES string of the molecule is C/C(=C/CO)CCC[C@H](C)CCC[C@@H](C)CCCC(C)C. The summed E-state index contributed by atoms with van der Waals surface area (Å²) in [5.74, 6) is 2.63. The van der Waals surface area contributed by atoms with E-state index in [1.807, 2.05) is 6.08 Å². The van der Waals surface area contributed by atoms with Crippen molar-refractivity contribution in [3.05, 3.63) is 11.6 Å². The minimum absolute atomic E-state index is 0.191. The number of aliphatic hydroxyl groups is 1. The van der Waals surface area contributed by atoms with Crippen molar-refractivity contribution in [2.45, 2.75) is 92.4 Å². The van der Waals surface area contributed by atoms with Crippen LogP contribution in [0.1, 0.15) is 92.4 Å². The molecule has 0 aromatic heterocycles. The molecule has 2 atom stereocenters. The smallest absolute Gasteiger partial charge is 0.0614 e. The lowest BCUT2D eigenvalue weighted by atomic mass is 9.91. The van der Waals surface area contributed by atoms with E-state index in [1.54, 1.807) is 0 Å². The Morgan fingerprint density at radius 3 is 1.76 bits per heavy atom. The molecule has 126 valence electrons. The normalized spacial score (nSPS) is 15.5.